The second-order valence-corrected chi connectivity index (χ2v) is 13.1. The van der Waals surface area contributed by atoms with Crippen LogP contribution in [0.3, 0.4) is 0 Å². The normalized spacial score (nSPS) is 20.3. The highest BCUT2D eigenvalue weighted by Crippen LogP contribution is 2.42. The van der Waals surface area contributed by atoms with Gasteiger partial charge in [0.25, 0.3) is 5.91 Å². The second kappa shape index (κ2) is 11.1. The fraction of sp³-hybridized carbons (Fsp3) is 0.565. The van der Waals surface area contributed by atoms with Gasteiger partial charge in [0.2, 0.25) is 10.0 Å². The minimum Gasteiger partial charge on any atom is -0.481 e. The number of nitrogens with zero attached hydrogens (tertiary/aromatic N) is 2. The van der Waals surface area contributed by atoms with E-state index in [1.807, 2.05) is 0 Å². The first kappa shape index (κ1) is 28.8. The van der Waals surface area contributed by atoms with Crippen LogP contribution in [0.15, 0.2) is 29.2 Å². The van der Waals surface area contributed by atoms with Crippen LogP contribution in [0.2, 0.25) is 0 Å². The zero-order chi connectivity index (χ0) is 26.6. The molecule has 2 atom stereocenters. The van der Waals surface area contributed by atoms with Crippen molar-refractivity contribution in [3.05, 3.63) is 24.3 Å². The average Bonchev–Trinajstić information content (AvgIpc) is 2.76. The van der Waals surface area contributed by atoms with E-state index in [0.717, 1.165) is 9.21 Å². The lowest BCUT2D eigenvalue weighted by Gasteiger charge is -2.49. The second-order valence-electron chi connectivity index (χ2n) is 9.53. The Morgan fingerprint density at radius 3 is 2.37 bits per heavy atom. The van der Waals surface area contributed by atoms with Crippen molar-refractivity contribution in [2.45, 2.75) is 68.8 Å². The predicted molar refractivity (Wildman–Crippen MR) is 133 cm³/mol. The molecule has 12 heteroatoms. The molecule has 0 aromatic heterocycles. The van der Waals surface area contributed by atoms with Gasteiger partial charge in [0.15, 0.2) is 0 Å². The summed E-state index contributed by atoms with van der Waals surface area (Å²) >= 11 is 1.34. The fourth-order valence-electron chi connectivity index (χ4n) is 3.81. The number of amides is 2. The summed E-state index contributed by atoms with van der Waals surface area (Å²) in [5.41, 5.74) is 0.776. The largest absolute Gasteiger partial charge is 0.481 e. The Labute approximate surface area is 211 Å². The minimum absolute atomic E-state index is 0.0903. The van der Waals surface area contributed by atoms with E-state index in [1.54, 1.807) is 47.0 Å². The maximum atomic E-state index is 13.9. The summed E-state index contributed by atoms with van der Waals surface area (Å²) in [6, 6.07) is 3.54. The smallest absolute Gasteiger partial charge is 0.407 e. The van der Waals surface area contributed by atoms with E-state index in [9.17, 15) is 28.3 Å². The number of sulfonamides is 1. The first-order valence-electron chi connectivity index (χ1n) is 10.9. The number of hydrogen-bond donors (Lipinski definition) is 3. The van der Waals surface area contributed by atoms with Crippen molar-refractivity contribution >= 4 is 33.8 Å². The molecule has 1 unspecified atom stereocenters. The van der Waals surface area contributed by atoms with Crippen LogP contribution in [-0.4, -0.2) is 81.2 Å². The lowest BCUT2D eigenvalue weighted by molar-refractivity contribution is -0.134. The van der Waals surface area contributed by atoms with Gasteiger partial charge in [0.05, 0.1) is 10.9 Å². The Hall–Kier alpha value is -2.46. The van der Waals surface area contributed by atoms with Crippen molar-refractivity contribution in [1.82, 2.24) is 14.7 Å². The molecule has 1 aromatic carbocycles. The van der Waals surface area contributed by atoms with Gasteiger partial charge in [-0.15, -0.1) is 5.92 Å². The third kappa shape index (κ3) is 6.61. The average molecular weight is 528 g/mol. The van der Waals surface area contributed by atoms with Gasteiger partial charge >= 0.3 is 6.09 Å². The molecule has 3 N–H and O–H groups in total. The van der Waals surface area contributed by atoms with Crippen LogP contribution in [0, 0.1) is 11.8 Å². The summed E-state index contributed by atoms with van der Waals surface area (Å²) in [4.78, 5) is 25.9. The van der Waals surface area contributed by atoms with Crippen LogP contribution in [0.5, 0.6) is 5.75 Å². The van der Waals surface area contributed by atoms with Gasteiger partial charge in [-0.2, -0.15) is 16.1 Å². The highest BCUT2D eigenvalue weighted by atomic mass is 32.2. The molecule has 35 heavy (non-hydrogen) atoms. The van der Waals surface area contributed by atoms with Crippen LogP contribution < -0.4 is 10.2 Å². The summed E-state index contributed by atoms with van der Waals surface area (Å²) in [7, 11) is -4.30. The number of hydroxylamine groups is 1. The molecule has 0 radical (unpaired) electrons. The number of benzene rings is 1. The van der Waals surface area contributed by atoms with Crippen LogP contribution >= 0.6 is 11.8 Å². The highest BCUT2D eigenvalue weighted by molar-refractivity contribution is 8.01. The molecule has 194 valence electrons. The van der Waals surface area contributed by atoms with Gasteiger partial charge in [-0.25, -0.2) is 18.7 Å². The van der Waals surface area contributed by atoms with Crippen LogP contribution in [0.1, 0.15) is 41.5 Å². The van der Waals surface area contributed by atoms with E-state index in [-0.39, 0.29) is 23.8 Å². The van der Waals surface area contributed by atoms with Gasteiger partial charge in [-0.3, -0.25) is 10.0 Å². The Kier molecular flexibility index (Phi) is 9.10. The summed E-state index contributed by atoms with van der Waals surface area (Å²) in [5.74, 6) is 5.23. The maximum absolute atomic E-state index is 13.9. The molecule has 1 saturated heterocycles. The molecular weight excluding hydrogens is 494 g/mol. The van der Waals surface area contributed by atoms with Gasteiger partial charge in [-0.1, -0.05) is 5.92 Å². The molecule has 1 aromatic rings. The number of carboxylic acid groups (broad SMARTS) is 1. The molecular formula is C23H33N3O7S2. The van der Waals surface area contributed by atoms with Gasteiger partial charge in [-0.05, 0) is 65.8 Å². The number of hydrogen-bond acceptors (Lipinski definition) is 7. The van der Waals surface area contributed by atoms with Gasteiger partial charge in [0, 0.05) is 22.6 Å². The van der Waals surface area contributed by atoms with Crippen LogP contribution in [-0.2, 0) is 14.8 Å². The lowest BCUT2D eigenvalue weighted by atomic mass is 10.00. The van der Waals surface area contributed by atoms with Crippen molar-refractivity contribution < 1.29 is 33.1 Å². The molecule has 1 aliphatic rings. The summed E-state index contributed by atoms with van der Waals surface area (Å²) in [6.07, 6.45) is -1.20. The summed E-state index contributed by atoms with van der Waals surface area (Å²) < 4.78 is 33.4. The van der Waals surface area contributed by atoms with Crippen molar-refractivity contribution in [2.24, 2.45) is 0 Å². The van der Waals surface area contributed by atoms with E-state index in [1.165, 1.54) is 36.0 Å². The molecule has 10 nitrogen and oxygen atoms in total. The van der Waals surface area contributed by atoms with E-state index >= 15 is 0 Å². The molecule has 2 amide bonds. The first-order valence-corrected chi connectivity index (χ1v) is 13.3. The topological polar surface area (TPSA) is 136 Å². The van der Waals surface area contributed by atoms with Gasteiger partial charge < -0.3 is 14.7 Å². The Morgan fingerprint density at radius 2 is 1.89 bits per heavy atom. The molecule has 0 saturated carbocycles. The van der Waals surface area contributed by atoms with Crippen molar-refractivity contribution in [3.8, 4) is 17.6 Å². The van der Waals surface area contributed by atoms with Gasteiger partial charge in [0.1, 0.15) is 18.4 Å². The minimum atomic E-state index is -4.30. The fourth-order valence-corrected chi connectivity index (χ4v) is 7.13. The molecule has 0 aliphatic carbocycles. The maximum Gasteiger partial charge on any atom is 0.407 e. The van der Waals surface area contributed by atoms with E-state index in [4.69, 9.17) is 4.74 Å². The third-order valence-corrected chi connectivity index (χ3v) is 9.05. The van der Waals surface area contributed by atoms with E-state index < -0.39 is 44.4 Å². The molecule has 2 rings (SSSR count). The van der Waals surface area contributed by atoms with E-state index in [2.05, 4.69) is 11.8 Å². The van der Waals surface area contributed by atoms with Crippen LogP contribution in [0.4, 0.5) is 4.79 Å². The summed E-state index contributed by atoms with van der Waals surface area (Å²) in [5, 5.41) is 19.2. The monoisotopic (exact) mass is 527 g/mol. The third-order valence-electron chi connectivity index (χ3n) is 5.60. The number of carbonyl (C=O) groups excluding carboxylic acids is 1. The number of ether oxygens (including phenoxy) is 1. The molecule has 1 fully saturated rings. The Bertz CT molecular complexity index is 1090. The standard InChI is InChI=1S/C23H33N3O7S2/c1-7-8-13-33-17-9-11-18(12-10-17)35(31,32)26-16(14-25(21(28)29)22(2,3)4)15-34-23(5,6)19(26)20(27)24-30/h9-12,16,19,30H,13-15H2,1-6H3,(H,24,27)(H,28,29)/t16?,19-/m0/s1. The Morgan fingerprint density at radius 1 is 1.29 bits per heavy atom. The van der Waals surface area contributed by atoms with Crippen molar-refractivity contribution in [1.29, 1.82) is 0 Å². The number of carbonyl (C=O) groups is 2. The number of rotatable bonds is 7. The molecule has 0 spiro atoms. The first-order chi connectivity index (χ1) is 16.2. The van der Waals surface area contributed by atoms with E-state index in [0.29, 0.717) is 5.75 Å². The van der Waals surface area contributed by atoms with Crippen LogP contribution in [0.25, 0.3) is 0 Å². The van der Waals surface area contributed by atoms with Crippen molar-refractivity contribution in [2.75, 3.05) is 18.9 Å². The zero-order valence-electron chi connectivity index (χ0n) is 20.7. The van der Waals surface area contributed by atoms with Crippen molar-refractivity contribution in [3.63, 3.8) is 0 Å². The predicted octanol–water partition coefficient (Wildman–Crippen LogP) is 2.63. The summed E-state index contributed by atoms with van der Waals surface area (Å²) in [6.45, 7) is 10.2. The SMILES string of the molecule is CC#CCOc1ccc(S(=O)(=O)N2C(CN(C(=O)O)C(C)(C)C)CSC(C)(C)[C@@H]2C(=O)NO)cc1. The number of thioether (sulfide) groups is 1. The molecule has 1 aliphatic heterocycles. The Balaban J connectivity index is 2.57. The molecule has 0 bridgehead atoms. The highest BCUT2D eigenvalue weighted by Gasteiger charge is 2.53. The number of nitrogens with one attached hydrogen (secondary N) is 1. The quantitative estimate of drug-likeness (QED) is 0.280. The lowest BCUT2D eigenvalue weighted by Crippen LogP contribution is -2.67. The molecule has 1 heterocycles. The zero-order valence-corrected chi connectivity index (χ0v) is 22.4.